The Morgan fingerprint density at radius 3 is 2.13 bits per heavy atom. The minimum absolute atomic E-state index is 0.900. The first-order valence-corrected chi connectivity index (χ1v) is 16.1. The molecule has 0 aliphatic rings. The van der Waals surface area contributed by atoms with Gasteiger partial charge in [0, 0.05) is 31.2 Å². The van der Waals surface area contributed by atoms with Crippen molar-refractivity contribution in [1.29, 1.82) is 0 Å². The molecule has 210 valence electrons. The second-order valence-corrected chi connectivity index (χ2v) is 12.8. The molecular formula is C42H25NOS. The van der Waals surface area contributed by atoms with E-state index >= 15 is 0 Å². The number of nitrogens with zero attached hydrogens (tertiary/aromatic N) is 1. The van der Waals surface area contributed by atoms with Crippen molar-refractivity contribution in [1.82, 2.24) is 4.57 Å². The van der Waals surface area contributed by atoms with Crippen LogP contribution in [0.5, 0.6) is 0 Å². The average Bonchev–Trinajstić information content (AvgIpc) is 3.75. The molecule has 0 unspecified atom stereocenters. The molecule has 0 spiro atoms. The van der Waals surface area contributed by atoms with Crippen LogP contribution in [0, 0.1) is 0 Å². The first kappa shape index (κ1) is 24.8. The summed E-state index contributed by atoms with van der Waals surface area (Å²) in [6.07, 6.45) is 0. The number of rotatable bonds is 3. The highest BCUT2D eigenvalue weighted by Gasteiger charge is 2.21. The van der Waals surface area contributed by atoms with E-state index in [0.717, 1.165) is 38.7 Å². The molecule has 0 aliphatic heterocycles. The molecule has 0 saturated heterocycles. The molecule has 10 aromatic rings. The first-order valence-electron chi connectivity index (χ1n) is 15.3. The minimum atomic E-state index is 0.900. The molecular weight excluding hydrogens is 567 g/mol. The smallest absolute Gasteiger partial charge is 0.161 e. The van der Waals surface area contributed by atoms with Gasteiger partial charge in [0.05, 0.1) is 10.9 Å². The maximum absolute atomic E-state index is 6.63. The lowest BCUT2D eigenvalue weighted by molar-refractivity contribution is 0.673. The Kier molecular flexibility index (Phi) is 5.19. The van der Waals surface area contributed by atoms with Gasteiger partial charge < -0.3 is 8.98 Å². The Balaban J connectivity index is 1.17. The molecule has 10 rings (SSSR count). The Labute approximate surface area is 263 Å². The Hall–Kier alpha value is -5.64. The van der Waals surface area contributed by atoms with Crippen LogP contribution in [-0.2, 0) is 0 Å². The molecule has 3 heterocycles. The van der Waals surface area contributed by atoms with Crippen molar-refractivity contribution in [3.8, 4) is 27.9 Å². The van der Waals surface area contributed by atoms with E-state index in [9.17, 15) is 0 Å². The van der Waals surface area contributed by atoms with Gasteiger partial charge in [0.1, 0.15) is 11.1 Å². The normalized spacial score (nSPS) is 12.0. The third-order valence-corrected chi connectivity index (χ3v) is 10.3. The van der Waals surface area contributed by atoms with E-state index in [1.165, 1.54) is 53.2 Å². The van der Waals surface area contributed by atoms with Crippen LogP contribution >= 0.6 is 11.3 Å². The molecule has 0 saturated carbocycles. The van der Waals surface area contributed by atoms with Crippen molar-refractivity contribution >= 4 is 75.3 Å². The summed E-state index contributed by atoms with van der Waals surface area (Å²) in [5.41, 5.74) is 9.98. The SMILES string of the molecule is c1ccc(-n2c3ccccc3c3oc4cccc(-c5cccc(-c6ccc7c(c6)sc6cc8ccccc8cc67)c5)c4c32)cc1. The van der Waals surface area contributed by atoms with Gasteiger partial charge in [-0.15, -0.1) is 11.3 Å². The molecule has 0 radical (unpaired) electrons. The molecule has 0 aliphatic carbocycles. The largest absolute Gasteiger partial charge is 0.454 e. The van der Waals surface area contributed by atoms with Crippen LogP contribution in [0.15, 0.2) is 156 Å². The zero-order valence-electron chi connectivity index (χ0n) is 24.2. The van der Waals surface area contributed by atoms with Crippen LogP contribution in [0.2, 0.25) is 0 Å². The summed E-state index contributed by atoms with van der Waals surface area (Å²) in [6, 6.07) is 54.7. The quantitative estimate of drug-likeness (QED) is 0.200. The monoisotopic (exact) mass is 591 g/mol. The van der Waals surface area contributed by atoms with E-state index in [0.29, 0.717) is 0 Å². The van der Waals surface area contributed by atoms with E-state index in [-0.39, 0.29) is 0 Å². The fraction of sp³-hybridized carbons (Fsp3) is 0. The summed E-state index contributed by atoms with van der Waals surface area (Å²) in [7, 11) is 0. The Morgan fingerprint density at radius 2 is 1.22 bits per heavy atom. The van der Waals surface area contributed by atoms with E-state index in [4.69, 9.17) is 4.42 Å². The van der Waals surface area contributed by atoms with Gasteiger partial charge in [0.15, 0.2) is 5.58 Å². The molecule has 0 atom stereocenters. The maximum atomic E-state index is 6.63. The van der Waals surface area contributed by atoms with Crippen LogP contribution in [0.1, 0.15) is 0 Å². The minimum Gasteiger partial charge on any atom is -0.454 e. The Morgan fingerprint density at radius 1 is 0.489 bits per heavy atom. The zero-order chi connectivity index (χ0) is 29.5. The van der Waals surface area contributed by atoms with E-state index in [1.807, 2.05) is 11.3 Å². The van der Waals surface area contributed by atoms with Crippen LogP contribution in [0.25, 0.3) is 91.9 Å². The van der Waals surface area contributed by atoms with Gasteiger partial charge in [-0.05, 0) is 87.6 Å². The number of para-hydroxylation sites is 2. The van der Waals surface area contributed by atoms with Crippen LogP contribution < -0.4 is 0 Å². The van der Waals surface area contributed by atoms with Crippen molar-refractivity contribution in [3.05, 3.63) is 152 Å². The van der Waals surface area contributed by atoms with Gasteiger partial charge in [-0.1, -0.05) is 97.1 Å². The highest BCUT2D eigenvalue weighted by molar-refractivity contribution is 7.25. The third-order valence-electron chi connectivity index (χ3n) is 9.16. The van der Waals surface area contributed by atoms with Gasteiger partial charge in [-0.3, -0.25) is 0 Å². The molecule has 7 aromatic carbocycles. The van der Waals surface area contributed by atoms with Gasteiger partial charge in [-0.25, -0.2) is 0 Å². The number of aromatic nitrogens is 1. The number of furan rings is 1. The van der Waals surface area contributed by atoms with E-state index < -0.39 is 0 Å². The summed E-state index contributed by atoms with van der Waals surface area (Å²) < 4.78 is 11.6. The highest BCUT2D eigenvalue weighted by Crippen LogP contribution is 2.44. The number of benzene rings is 7. The summed E-state index contributed by atoms with van der Waals surface area (Å²) in [5.74, 6) is 0. The molecule has 3 heteroatoms. The van der Waals surface area contributed by atoms with E-state index in [1.54, 1.807) is 0 Å². The lowest BCUT2D eigenvalue weighted by Gasteiger charge is -2.10. The summed E-state index contributed by atoms with van der Waals surface area (Å²) >= 11 is 1.88. The van der Waals surface area contributed by atoms with Crippen molar-refractivity contribution in [2.75, 3.05) is 0 Å². The summed E-state index contributed by atoms with van der Waals surface area (Å²) in [4.78, 5) is 0. The highest BCUT2D eigenvalue weighted by atomic mass is 32.1. The van der Waals surface area contributed by atoms with Gasteiger partial charge in [-0.2, -0.15) is 0 Å². The molecule has 2 nitrogen and oxygen atoms in total. The molecule has 0 amide bonds. The van der Waals surface area contributed by atoms with Crippen LogP contribution in [0.4, 0.5) is 0 Å². The van der Waals surface area contributed by atoms with Crippen molar-refractivity contribution in [2.24, 2.45) is 0 Å². The average molecular weight is 592 g/mol. The lowest BCUT2D eigenvalue weighted by Crippen LogP contribution is -1.93. The van der Waals surface area contributed by atoms with E-state index in [2.05, 4.69) is 156 Å². The predicted octanol–water partition coefficient (Wildman–Crippen LogP) is 12.4. The number of hydrogen-bond donors (Lipinski definition) is 0. The van der Waals surface area contributed by atoms with Gasteiger partial charge in [0.25, 0.3) is 0 Å². The second-order valence-electron chi connectivity index (χ2n) is 11.7. The van der Waals surface area contributed by atoms with Crippen molar-refractivity contribution < 1.29 is 4.42 Å². The fourth-order valence-corrected chi connectivity index (χ4v) is 8.28. The Bertz CT molecular complexity index is 2760. The molecule has 3 aromatic heterocycles. The maximum Gasteiger partial charge on any atom is 0.161 e. The predicted molar refractivity (Wildman–Crippen MR) is 192 cm³/mol. The number of thiophene rings is 1. The third kappa shape index (κ3) is 3.68. The zero-order valence-corrected chi connectivity index (χ0v) is 25.0. The standard InChI is InChI=1S/C42H25NOS/c1-2-14-31(15-3-1)43-36-18-7-6-16-34(36)42-41(43)40-32(17-9-19-37(40)44-42)30-13-8-12-26(22-30)29-20-21-33-35-23-27-10-4-5-11-28(27)24-39(35)45-38(33)25-29/h1-25H. The van der Waals surface area contributed by atoms with Crippen LogP contribution in [-0.4, -0.2) is 4.57 Å². The topological polar surface area (TPSA) is 18.1 Å². The van der Waals surface area contributed by atoms with Crippen molar-refractivity contribution in [2.45, 2.75) is 0 Å². The van der Waals surface area contributed by atoms with Crippen LogP contribution in [0.3, 0.4) is 0 Å². The van der Waals surface area contributed by atoms with Gasteiger partial charge >= 0.3 is 0 Å². The first-order chi connectivity index (χ1) is 22.3. The number of hydrogen-bond acceptors (Lipinski definition) is 2. The molecule has 0 bridgehead atoms. The summed E-state index contributed by atoms with van der Waals surface area (Å²) in [5, 5.41) is 7.49. The lowest BCUT2D eigenvalue weighted by atomic mass is 9.96. The molecule has 0 N–H and O–H groups in total. The van der Waals surface area contributed by atoms with Gasteiger partial charge in [0.2, 0.25) is 0 Å². The fourth-order valence-electron chi connectivity index (χ4n) is 7.10. The van der Waals surface area contributed by atoms with Crippen molar-refractivity contribution in [3.63, 3.8) is 0 Å². The molecule has 45 heavy (non-hydrogen) atoms. The second kappa shape index (κ2) is 9.43. The summed E-state index contributed by atoms with van der Waals surface area (Å²) in [6.45, 7) is 0. The molecule has 0 fully saturated rings. The number of fused-ring (bicyclic) bond motifs is 9.